The number of halogens is 2. The van der Waals surface area contributed by atoms with Crippen molar-refractivity contribution in [2.75, 3.05) is 5.73 Å². The standard InChI is InChI=1S/C4H2Cl2N3/c5-3-4(6)9-2(7)1-8-3/h(H2,7,9). The van der Waals surface area contributed by atoms with Crippen LogP contribution in [-0.2, 0) is 0 Å². The van der Waals surface area contributed by atoms with Crippen molar-refractivity contribution in [1.29, 1.82) is 0 Å². The Hall–Kier alpha value is -0.540. The summed E-state index contributed by atoms with van der Waals surface area (Å²) in [6.45, 7) is 0. The average Bonchev–Trinajstić information content (AvgIpc) is 1.80. The molecule has 2 N–H and O–H groups in total. The molecule has 5 heteroatoms. The van der Waals surface area contributed by atoms with E-state index < -0.39 is 0 Å². The second-order valence-electron chi connectivity index (χ2n) is 1.30. The number of nitrogen functional groups attached to an aromatic ring is 1. The molecule has 0 saturated heterocycles. The number of aromatic nitrogens is 2. The van der Waals surface area contributed by atoms with Crippen LogP contribution in [0.4, 0.5) is 5.82 Å². The lowest BCUT2D eigenvalue weighted by Gasteiger charge is -1.91. The summed E-state index contributed by atoms with van der Waals surface area (Å²) in [5.74, 6) is 0.143. The molecule has 0 aliphatic heterocycles. The fraction of sp³-hybridized carbons (Fsp3) is 0. The number of nitrogens with zero attached hydrogens (tertiary/aromatic N) is 2. The SMILES string of the molecule is Nc1[c]nc(Cl)c(Cl)n1. The van der Waals surface area contributed by atoms with Gasteiger partial charge in [0, 0.05) is 0 Å². The summed E-state index contributed by atoms with van der Waals surface area (Å²) >= 11 is 10.8. The highest BCUT2D eigenvalue weighted by molar-refractivity contribution is 6.40. The van der Waals surface area contributed by atoms with Crippen molar-refractivity contribution in [3.63, 3.8) is 0 Å². The van der Waals surface area contributed by atoms with E-state index in [-0.39, 0.29) is 16.1 Å². The Kier molecular flexibility index (Phi) is 1.73. The van der Waals surface area contributed by atoms with E-state index in [0.717, 1.165) is 0 Å². The first-order valence-corrected chi connectivity index (χ1v) is 2.82. The van der Waals surface area contributed by atoms with Crippen LogP contribution in [0, 0.1) is 6.20 Å². The van der Waals surface area contributed by atoms with Crippen LogP contribution >= 0.6 is 23.2 Å². The zero-order valence-electron chi connectivity index (χ0n) is 4.23. The first kappa shape index (κ1) is 6.58. The predicted octanol–water partition coefficient (Wildman–Crippen LogP) is 1.17. The molecular formula is C4H2Cl2N3. The second kappa shape index (κ2) is 2.37. The number of anilines is 1. The molecule has 0 bridgehead atoms. The normalized spacial score (nSPS) is 9.56. The molecule has 0 atom stereocenters. The largest absolute Gasteiger partial charge is 0.382 e. The van der Waals surface area contributed by atoms with Crippen LogP contribution in [-0.4, -0.2) is 9.97 Å². The molecule has 1 heterocycles. The van der Waals surface area contributed by atoms with E-state index in [1.807, 2.05) is 0 Å². The minimum atomic E-state index is 0.105. The fourth-order valence-corrected chi connectivity index (χ4v) is 0.547. The topological polar surface area (TPSA) is 51.8 Å². The van der Waals surface area contributed by atoms with Crippen molar-refractivity contribution in [3.05, 3.63) is 16.5 Å². The molecule has 0 spiro atoms. The first-order chi connectivity index (χ1) is 4.20. The maximum atomic E-state index is 5.41. The van der Waals surface area contributed by atoms with Crippen molar-refractivity contribution >= 4 is 29.0 Å². The van der Waals surface area contributed by atoms with Gasteiger partial charge in [0.1, 0.15) is 6.20 Å². The molecule has 0 aromatic carbocycles. The summed E-state index contributed by atoms with van der Waals surface area (Å²) in [5, 5.41) is 0.221. The van der Waals surface area contributed by atoms with Crippen LogP contribution in [0.15, 0.2) is 0 Å². The van der Waals surface area contributed by atoms with Crippen LogP contribution in [0.2, 0.25) is 10.3 Å². The maximum absolute atomic E-state index is 5.41. The van der Waals surface area contributed by atoms with E-state index in [2.05, 4.69) is 16.2 Å². The minimum absolute atomic E-state index is 0.105. The maximum Gasteiger partial charge on any atom is 0.168 e. The summed E-state index contributed by atoms with van der Waals surface area (Å²) in [7, 11) is 0. The predicted molar refractivity (Wildman–Crippen MR) is 35.3 cm³/mol. The summed E-state index contributed by atoms with van der Waals surface area (Å²) in [4.78, 5) is 7.07. The van der Waals surface area contributed by atoms with Gasteiger partial charge in [0.15, 0.2) is 16.1 Å². The van der Waals surface area contributed by atoms with Crippen molar-refractivity contribution in [1.82, 2.24) is 9.97 Å². The number of hydrogen-bond acceptors (Lipinski definition) is 3. The van der Waals surface area contributed by atoms with E-state index in [1.54, 1.807) is 0 Å². The minimum Gasteiger partial charge on any atom is -0.382 e. The molecule has 1 radical (unpaired) electrons. The summed E-state index contributed by atoms with van der Waals surface area (Å²) in [6, 6.07) is 0. The van der Waals surface area contributed by atoms with E-state index in [4.69, 9.17) is 28.9 Å². The van der Waals surface area contributed by atoms with Gasteiger partial charge in [0.25, 0.3) is 0 Å². The monoisotopic (exact) mass is 162 g/mol. The van der Waals surface area contributed by atoms with Gasteiger partial charge in [-0.05, 0) is 0 Å². The molecule has 1 rings (SSSR count). The number of nitrogens with two attached hydrogens (primary N) is 1. The molecule has 9 heavy (non-hydrogen) atoms. The Bertz CT molecular complexity index is 225. The molecule has 0 aliphatic rings. The van der Waals surface area contributed by atoms with Gasteiger partial charge in [-0.15, -0.1) is 0 Å². The second-order valence-corrected chi connectivity index (χ2v) is 2.02. The fourth-order valence-electron chi connectivity index (χ4n) is 0.329. The van der Waals surface area contributed by atoms with Crippen molar-refractivity contribution in [2.45, 2.75) is 0 Å². The third-order valence-corrected chi connectivity index (χ3v) is 1.28. The van der Waals surface area contributed by atoms with Crippen molar-refractivity contribution < 1.29 is 0 Å². The van der Waals surface area contributed by atoms with Gasteiger partial charge in [-0.2, -0.15) is 0 Å². The molecule has 47 valence electrons. The average molecular weight is 163 g/mol. The highest BCUT2D eigenvalue weighted by Gasteiger charge is 1.98. The van der Waals surface area contributed by atoms with Gasteiger partial charge in [0.2, 0.25) is 0 Å². The van der Waals surface area contributed by atoms with E-state index in [9.17, 15) is 0 Å². The van der Waals surface area contributed by atoms with Crippen LogP contribution < -0.4 is 5.73 Å². The highest BCUT2D eigenvalue weighted by Crippen LogP contribution is 2.15. The third-order valence-electron chi connectivity index (χ3n) is 0.657. The van der Waals surface area contributed by atoms with Gasteiger partial charge in [-0.3, -0.25) is 0 Å². The number of rotatable bonds is 0. The lowest BCUT2D eigenvalue weighted by molar-refractivity contribution is 1.20. The zero-order valence-corrected chi connectivity index (χ0v) is 5.74. The van der Waals surface area contributed by atoms with Crippen molar-refractivity contribution in [2.24, 2.45) is 0 Å². The Morgan fingerprint density at radius 1 is 1.33 bits per heavy atom. The first-order valence-electron chi connectivity index (χ1n) is 2.06. The molecular weight excluding hydrogens is 161 g/mol. The van der Waals surface area contributed by atoms with Crippen LogP contribution in [0.25, 0.3) is 0 Å². The highest BCUT2D eigenvalue weighted by atomic mass is 35.5. The molecule has 0 saturated carbocycles. The molecule has 0 unspecified atom stereocenters. The zero-order chi connectivity index (χ0) is 6.85. The summed E-state index contributed by atoms with van der Waals surface area (Å²) < 4.78 is 0. The van der Waals surface area contributed by atoms with E-state index in [0.29, 0.717) is 0 Å². The molecule has 0 amide bonds. The Morgan fingerprint density at radius 2 is 2.00 bits per heavy atom. The van der Waals surface area contributed by atoms with E-state index in [1.165, 1.54) is 0 Å². The van der Waals surface area contributed by atoms with Gasteiger partial charge >= 0.3 is 0 Å². The molecule has 1 aromatic heterocycles. The van der Waals surface area contributed by atoms with Gasteiger partial charge in [0.05, 0.1) is 0 Å². The van der Waals surface area contributed by atoms with Gasteiger partial charge in [-0.25, -0.2) is 9.97 Å². The Labute approximate surface area is 61.8 Å². The lowest BCUT2D eigenvalue weighted by atomic mass is 10.7. The molecule has 0 fully saturated rings. The summed E-state index contributed by atoms with van der Waals surface area (Å²) in [5.41, 5.74) is 5.16. The molecule has 1 aromatic rings. The quantitative estimate of drug-likeness (QED) is 0.624. The Morgan fingerprint density at radius 3 is 2.44 bits per heavy atom. The van der Waals surface area contributed by atoms with Crippen LogP contribution in [0.3, 0.4) is 0 Å². The van der Waals surface area contributed by atoms with Crippen LogP contribution in [0.1, 0.15) is 0 Å². The van der Waals surface area contributed by atoms with Crippen molar-refractivity contribution in [3.8, 4) is 0 Å². The van der Waals surface area contributed by atoms with E-state index >= 15 is 0 Å². The molecule has 0 aliphatic carbocycles. The lowest BCUT2D eigenvalue weighted by Crippen LogP contribution is -1.92. The smallest absolute Gasteiger partial charge is 0.168 e. The van der Waals surface area contributed by atoms with Gasteiger partial charge < -0.3 is 5.73 Å². The Balaban J connectivity index is 3.17. The molecule has 3 nitrogen and oxygen atoms in total. The van der Waals surface area contributed by atoms with Gasteiger partial charge in [-0.1, -0.05) is 23.2 Å². The number of hydrogen-bond donors (Lipinski definition) is 1. The summed E-state index contributed by atoms with van der Waals surface area (Å²) in [6.07, 6.45) is 2.34. The third kappa shape index (κ3) is 1.43. The van der Waals surface area contributed by atoms with Crippen LogP contribution in [0.5, 0.6) is 0 Å².